The average Bonchev–Trinajstić information content (AvgIpc) is 2.43. The van der Waals surface area contributed by atoms with Crippen LogP contribution in [0.1, 0.15) is 20.3 Å². The molecule has 0 saturated heterocycles. The van der Waals surface area contributed by atoms with E-state index in [2.05, 4.69) is 0 Å². The fourth-order valence-corrected chi connectivity index (χ4v) is 1.97. The lowest BCUT2D eigenvalue weighted by atomic mass is 10.2. The number of hydrogen-bond donors (Lipinski definition) is 1. The van der Waals surface area contributed by atoms with Crippen LogP contribution in [-0.2, 0) is 23.2 Å². The molecule has 0 saturated carbocycles. The van der Waals surface area contributed by atoms with E-state index in [1.165, 1.54) is 24.2 Å². The second kappa shape index (κ2) is 7.58. The number of carbonyl (C=O) groups is 2. The summed E-state index contributed by atoms with van der Waals surface area (Å²) in [4.78, 5) is 47.6. The lowest BCUT2D eigenvalue weighted by Gasteiger charge is -2.24. The Morgan fingerprint density at radius 1 is 1.32 bits per heavy atom. The van der Waals surface area contributed by atoms with Gasteiger partial charge < -0.3 is 10.0 Å². The Labute approximate surface area is 127 Å². The number of aromatic nitrogens is 2. The monoisotopic (exact) mass is 311 g/mol. The molecule has 1 amide bonds. The van der Waals surface area contributed by atoms with Crippen LogP contribution in [0.15, 0.2) is 21.9 Å². The van der Waals surface area contributed by atoms with Crippen LogP contribution >= 0.6 is 0 Å². The SMILES string of the molecule is CC(C)CN(CCC(=O)O)C(=O)Cn1ccc(=O)n(C)c1=O. The number of carbonyl (C=O) groups excluding carboxylic acids is 1. The standard InChI is InChI=1S/C14H21N3O5/c1-10(2)8-16(7-5-13(20)21)12(19)9-17-6-4-11(18)15(3)14(17)22/h4,6,10H,5,7-9H2,1-3H3,(H,20,21). The highest BCUT2D eigenvalue weighted by molar-refractivity contribution is 5.76. The zero-order valence-electron chi connectivity index (χ0n) is 13.0. The van der Waals surface area contributed by atoms with Crippen molar-refractivity contribution in [1.82, 2.24) is 14.0 Å². The first kappa shape index (κ1) is 17.7. The molecule has 1 heterocycles. The predicted molar refractivity (Wildman–Crippen MR) is 79.6 cm³/mol. The molecule has 0 bridgehead atoms. The van der Waals surface area contributed by atoms with Crippen LogP contribution in [0, 0.1) is 5.92 Å². The Bertz CT molecular complexity index is 659. The molecule has 0 aliphatic rings. The van der Waals surface area contributed by atoms with Crippen molar-refractivity contribution in [2.45, 2.75) is 26.8 Å². The van der Waals surface area contributed by atoms with Crippen LogP contribution in [0.5, 0.6) is 0 Å². The number of aliphatic carboxylic acids is 1. The van der Waals surface area contributed by atoms with E-state index in [0.717, 1.165) is 9.13 Å². The van der Waals surface area contributed by atoms with Gasteiger partial charge in [0.1, 0.15) is 6.54 Å². The molecule has 1 rings (SSSR count). The molecule has 1 aromatic rings. The van der Waals surface area contributed by atoms with Crippen molar-refractivity contribution in [1.29, 1.82) is 0 Å². The summed E-state index contributed by atoms with van der Waals surface area (Å²) in [6.07, 6.45) is 1.12. The molecule has 0 aliphatic carbocycles. The van der Waals surface area contributed by atoms with Gasteiger partial charge in [-0.3, -0.25) is 23.5 Å². The normalized spacial score (nSPS) is 10.7. The van der Waals surface area contributed by atoms with Crippen LogP contribution in [-0.4, -0.2) is 44.1 Å². The van der Waals surface area contributed by atoms with E-state index in [-0.39, 0.29) is 31.3 Å². The Morgan fingerprint density at radius 2 is 1.95 bits per heavy atom. The molecular formula is C14H21N3O5. The molecule has 22 heavy (non-hydrogen) atoms. The van der Waals surface area contributed by atoms with Crippen LogP contribution < -0.4 is 11.2 Å². The first-order valence-electron chi connectivity index (χ1n) is 6.98. The van der Waals surface area contributed by atoms with E-state index < -0.39 is 17.2 Å². The smallest absolute Gasteiger partial charge is 0.331 e. The van der Waals surface area contributed by atoms with Gasteiger partial charge in [-0.05, 0) is 5.92 Å². The van der Waals surface area contributed by atoms with Crippen LogP contribution in [0.2, 0.25) is 0 Å². The summed E-state index contributed by atoms with van der Waals surface area (Å²) in [5.41, 5.74) is -1.03. The topological polar surface area (TPSA) is 102 Å². The highest BCUT2D eigenvalue weighted by atomic mass is 16.4. The molecule has 0 fully saturated rings. The summed E-state index contributed by atoms with van der Waals surface area (Å²) in [5.74, 6) is -1.16. The second-order valence-electron chi connectivity index (χ2n) is 5.50. The average molecular weight is 311 g/mol. The third kappa shape index (κ3) is 4.87. The van der Waals surface area contributed by atoms with Gasteiger partial charge >= 0.3 is 11.7 Å². The van der Waals surface area contributed by atoms with E-state index in [0.29, 0.717) is 6.54 Å². The first-order valence-corrected chi connectivity index (χ1v) is 6.98. The number of carboxylic acids is 1. The fraction of sp³-hybridized carbons (Fsp3) is 0.571. The van der Waals surface area contributed by atoms with Crippen molar-refractivity contribution in [3.8, 4) is 0 Å². The minimum absolute atomic E-state index is 0.0901. The zero-order valence-corrected chi connectivity index (χ0v) is 13.0. The van der Waals surface area contributed by atoms with E-state index in [1.807, 2.05) is 13.8 Å². The van der Waals surface area contributed by atoms with Crippen molar-refractivity contribution in [2.75, 3.05) is 13.1 Å². The molecule has 0 spiro atoms. The molecule has 8 heteroatoms. The Kier molecular flexibility index (Phi) is 6.09. The maximum Gasteiger partial charge on any atom is 0.331 e. The molecule has 0 unspecified atom stereocenters. The minimum atomic E-state index is -0.985. The second-order valence-corrected chi connectivity index (χ2v) is 5.50. The molecule has 8 nitrogen and oxygen atoms in total. The Hall–Kier alpha value is -2.38. The van der Waals surface area contributed by atoms with E-state index in [1.54, 1.807) is 0 Å². The third-order valence-electron chi connectivity index (χ3n) is 3.10. The molecule has 1 N–H and O–H groups in total. The van der Waals surface area contributed by atoms with Gasteiger partial charge in [0.25, 0.3) is 5.56 Å². The summed E-state index contributed by atoms with van der Waals surface area (Å²) >= 11 is 0. The zero-order chi connectivity index (χ0) is 16.9. The van der Waals surface area contributed by atoms with Gasteiger partial charge in [-0.2, -0.15) is 0 Å². The van der Waals surface area contributed by atoms with Gasteiger partial charge in [-0.25, -0.2) is 4.79 Å². The molecule has 0 aliphatic heterocycles. The number of carboxylic acid groups (broad SMARTS) is 1. The minimum Gasteiger partial charge on any atom is -0.481 e. The number of hydrogen-bond acceptors (Lipinski definition) is 4. The lowest BCUT2D eigenvalue weighted by molar-refractivity contribution is -0.138. The van der Waals surface area contributed by atoms with Crippen molar-refractivity contribution >= 4 is 11.9 Å². The van der Waals surface area contributed by atoms with Crippen molar-refractivity contribution in [2.24, 2.45) is 13.0 Å². The van der Waals surface area contributed by atoms with Crippen LogP contribution in [0.25, 0.3) is 0 Å². The summed E-state index contributed by atoms with van der Waals surface area (Å²) < 4.78 is 2.05. The molecule has 0 aromatic carbocycles. The Morgan fingerprint density at radius 3 is 2.50 bits per heavy atom. The highest BCUT2D eigenvalue weighted by Gasteiger charge is 2.17. The van der Waals surface area contributed by atoms with E-state index in [4.69, 9.17) is 5.11 Å². The summed E-state index contributed by atoms with van der Waals surface area (Å²) in [6.45, 7) is 4.11. The molecule has 1 aromatic heterocycles. The quantitative estimate of drug-likeness (QED) is 0.732. The maximum atomic E-state index is 12.3. The van der Waals surface area contributed by atoms with Crippen molar-refractivity contribution in [3.63, 3.8) is 0 Å². The van der Waals surface area contributed by atoms with Crippen LogP contribution in [0.4, 0.5) is 0 Å². The third-order valence-corrected chi connectivity index (χ3v) is 3.10. The summed E-state index contributed by atoms with van der Waals surface area (Å²) in [7, 11) is 1.34. The van der Waals surface area contributed by atoms with E-state index in [9.17, 15) is 19.2 Å². The lowest BCUT2D eigenvalue weighted by Crippen LogP contribution is -2.43. The molecule has 0 atom stereocenters. The van der Waals surface area contributed by atoms with Gasteiger partial charge in [0.2, 0.25) is 5.91 Å². The van der Waals surface area contributed by atoms with Gasteiger partial charge in [0, 0.05) is 32.4 Å². The number of rotatable bonds is 7. The fourth-order valence-electron chi connectivity index (χ4n) is 1.97. The van der Waals surface area contributed by atoms with Crippen LogP contribution in [0.3, 0.4) is 0 Å². The van der Waals surface area contributed by atoms with Gasteiger partial charge in [0.15, 0.2) is 0 Å². The first-order chi connectivity index (χ1) is 10.2. The van der Waals surface area contributed by atoms with Gasteiger partial charge in [0.05, 0.1) is 6.42 Å². The van der Waals surface area contributed by atoms with E-state index >= 15 is 0 Å². The van der Waals surface area contributed by atoms with Gasteiger partial charge in [-0.1, -0.05) is 13.8 Å². The largest absolute Gasteiger partial charge is 0.481 e. The highest BCUT2D eigenvalue weighted by Crippen LogP contribution is 2.02. The predicted octanol–water partition coefficient (Wildman–Crippen LogP) is -0.494. The van der Waals surface area contributed by atoms with Crippen molar-refractivity contribution < 1.29 is 14.7 Å². The maximum absolute atomic E-state index is 12.3. The molecule has 0 radical (unpaired) electrons. The summed E-state index contributed by atoms with van der Waals surface area (Å²) in [6, 6.07) is 1.21. The molecular weight excluding hydrogens is 290 g/mol. The molecule has 122 valence electrons. The number of amides is 1. The Balaban J connectivity index is 2.90. The summed E-state index contributed by atoms with van der Waals surface area (Å²) in [5, 5.41) is 8.75. The van der Waals surface area contributed by atoms with Gasteiger partial charge in [-0.15, -0.1) is 0 Å². The number of nitrogens with zero attached hydrogens (tertiary/aromatic N) is 3. The van der Waals surface area contributed by atoms with Crippen molar-refractivity contribution in [3.05, 3.63) is 33.1 Å².